The summed E-state index contributed by atoms with van der Waals surface area (Å²) in [5.74, 6) is -0.338. The van der Waals surface area contributed by atoms with Crippen molar-refractivity contribution in [3.8, 4) is 0 Å². The summed E-state index contributed by atoms with van der Waals surface area (Å²) in [7, 11) is 0. The standard InChI is InChI=1S/C64H107NO18/c1-3-5-7-9-11-13-15-17-19-20-21-22-23-24-25-26-28-30-32-34-36-38-40-42-52(70)65-47(48(69)41-39-37-35-33-31-29-27-18-16-14-12-10-8-6-4-2)46-78-62-58(76)55(73)60(50(44-67)80-62)83-64-59(77)56(74)61(51(45-68)81-64)82-63-57(75)54(72)53(71)49(43-66)79-63/h5,7,11,13,17,19,21-22,24-25,28,30,34,36,39,41,47-51,53-64,66-69,71-77H,3-4,6,8-10,12,14-16,18,20,23,26-27,29,31-33,35,37-38,40,42-46H2,1-2H3,(H,65,70)/b7-5-,13-11-,19-17-,22-21-,25-24-,30-28-,36-34-,41-39+. The van der Waals surface area contributed by atoms with Gasteiger partial charge in [0.2, 0.25) is 5.91 Å². The molecule has 3 heterocycles. The minimum atomic E-state index is -1.99. The maximum absolute atomic E-state index is 13.3. The molecule has 0 spiro atoms. The highest BCUT2D eigenvalue weighted by Crippen LogP contribution is 2.33. The minimum absolute atomic E-state index is 0.157. The van der Waals surface area contributed by atoms with Gasteiger partial charge in [0.05, 0.1) is 38.6 Å². The normalized spacial score (nSPS) is 30.1. The number of rotatable bonds is 44. The average molecular weight is 1180 g/mol. The van der Waals surface area contributed by atoms with E-state index < -0.39 is 124 Å². The van der Waals surface area contributed by atoms with Gasteiger partial charge in [-0.2, -0.15) is 0 Å². The van der Waals surface area contributed by atoms with Gasteiger partial charge in [-0.3, -0.25) is 4.79 Å². The predicted octanol–water partition coefficient (Wildman–Crippen LogP) is 6.15. The molecule has 12 N–H and O–H groups in total. The monoisotopic (exact) mass is 1180 g/mol. The van der Waals surface area contributed by atoms with Gasteiger partial charge in [-0.05, 0) is 70.6 Å². The number of ether oxygens (including phenoxy) is 6. The van der Waals surface area contributed by atoms with Gasteiger partial charge in [0.1, 0.15) is 73.2 Å². The van der Waals surface area contributed by atoms with E-state index in [1.54, 1.807) is 6.08 Å². The van der Waals surface area contributed by atoms with Crippen LogP contribution in [0.2, 0.25) is 0 Å². The Balaban J connectivity index is 1.51. The molecular formula is C64H107NO18. The lowest BCUT2D eigenvalue weighted by molar-refractivity contribution is -0.379. The molecule has 0 aromatic rings. The number of aliphatic hydroxyl groups is 11. The number of carbonyl (C=O) groups excluding carboxylic acids is 1. The summed E-state index contributed by atoms with van der Waals surface area (Å²) in [6.45, 7) is 1.54. The van der Waals surface area contributed by atoms with Crippen molar-refractivity contribution in [3.63, 3.8) is 0 Å². The molecule has 17 unspecified atom stereocenters. The number of amides is 1. The highest BCUT2D eigenvalue weighted by atomic mass is 16.8. The van der Waals surface area contributed by atoms with Crippen LogP contribution >= 0.6 is 0 Å². The third-order valence-electron chi connectivity index (χ3n) is 14.9. The van der Waals surface area contributed by atoms with Gasteiger partial charge in [0.25, 0.3) is 0 Å². The number of hydrogen-bond acceptors (Lipinski definition) is 18. The van der Waals surface area contributed by atoms with E-state index in [1.165, 1.54) is 64.2 Å². The van der Waals surface area contributed by atoms with Crippen LogP contribution < -0.4 is 5.32 Å². The Morgan fingerprint density at radius 2 is 0.831 bits per heavy atom. The van der Waals surface area contributed by atoms with Gasteiger partial charge in [-0.1, -0.05) is 188 Å². The molecule has 3 aliphatic rings. The number of nitrogens with one attached hydrogen (secondary N) is 1. The molecule has 0 aliphatic carbocycles. The molecule has 83 heavy (non-hydrogen) atoms. The summed E-state index contributed by atoms with van der Waals surface area (Å²) in [6.07, 6.45) is 31.0. The molecule has 0 aromatic carbocycles. The van der Waals surface area contributed by atoms with Crippen molar-refractivity contribution in [1.29, 1.82) is 0 Å². The van der Waals surface area contributed by atoms with Crippen molar-refractivity contribution in [1.82, 2.24) is 5.32 Å². The molecular weight excluding hydrogens is 1070 g/mol. The van der Waals surface area contributed by atoms with Crippen LogP contribution in [-0.2, 0) is 33.2 Å². The number of allylic oxidation sites excluding steroid dienone is 15. The summed E-state index contributed by atoms with van der Waals surface area (Å²) >= 11 is 0. The second kappa shape index (κ2) is 45.9. The summed E-state index contributed by atoms with van der Waals surface area (Å²) in [5, 5.41) is 120. The fourth-order valence-corrected chi connectivity index (χ4v) is 9.82. The summed E-state index contributed by atoms with van der Waals surface area (Å²) < 4.78 is 34.2. The lowest BCUT2D eigenvalue weighted by Gasteiger charge is -2.48. The third kappa shape index (κ3) is 29.3. The average Bonchev–Trinajstić information content (AvgIpc) is 3.18. The van der Waals surface area contributed by atoms with Crippen LogP contribution in [0, 0.1) is 0 Å². The van der Waals surface area contributed by atoms with Crippen molar-refractivity contribution >= 4 is 5.91 Å². The first-order valence-corrected chi connectivity index (χ1v) is 31.0. The highest BCUT2D eigenvalue weighted by molar-refractivity contribution is 5.76. The third-order valence-corrected chi connectivity index (χ3v) is 14.9. The van der Waals surface area contributed by atoms with Crippen molar-refractivity contribution < 1.29 is 89.4 Å². The Labute approximate surface area is 494 Å². The van der Waals surface area contributed by atoms with E-state index in [4.69, 9.17) is 28.4 Å². The molecule has 3 rings (SSSR count). The maximum atomic E-state index is 13.3. The van der Waals surface area contributed by atoms with Crippen molar-refractivity contribution in [3.05, 3.63) is 97.2 Å². The largest absolute Gasteiger partial charge is 0.394 e. The van der Waals surface area contributed by atoms with Crippen LogP contribution in [0.1, 0.15) is 168 Å². The number of aliphatic hydroxyl groups excluding tert-OH is 11. The van der Waals surface area contributed by atoms with Crippen LogP contribution in [0.15, 0.2) is 97.2 Å². The van der Waals surface area contributed by atoms with E-state index >= 15 is 0 Å². The second-order valence-electron chi connectivity index (χ2n) is 21.8. The number of unbranched alkanes of at least 4 members (excludes halogenated alkanes) is 14. The SMILES string of the molecule is CC/C=C\C/C=C\C/C=C\C/C=C\C/C=C\C/C=C\C/C=C\CCCC(=O)NC(COC1OC(CO)C(OC2OC(CO)C(OC3OC(CO)C(O)C(O)C3O)C(O)C2O)C(O)C1O)C(O)/C=C/CCCCCCCCCCCCCCC. The van der Waals surface area contributed by atoms with E-state index in [1.807, 2.05) is 12.2 Å². The van der Waals surface area contributed by atoms with E-state index in [0.717, 1.165) is 70.6 Å². The molecule has 0 aromatic heterocycles. The summed E-state index contributed by atoms with van der Waals surface area (Å²) in [5.41, 5.74) is 0. The number of hydrogen-bond donors (Lipinski definition) is 12. The number of carbonyl (C=O) groups is 1. The minimum Gasteiger partial charge on any atom is -0.394 e. The lowest BCUT2D eigenvalue weighted by Crippen LogP contribution is -2.66. The quantitative estimate of drug-likeness (QED) is 0.0241. The van der Waals surface area contributed by atoms with Crippen LogP contribution in [0.3, 0.4) is 0 Å². The molecule has 3 fully saturated rings. The molecule has 476 valence electrons. The van der Waals surface area contributed by atoms with Crippen LogP contribution in [0.4, 0.5) is 0 Å². The molecule has 17 atom stereocenters. The summed E-state index contributed by atoms with van der Waals surface area (Å²) in [6, 6.07) is -1.01. The topological polar surface area (TPSA) is 307 Å². The molecule has 19 heteroatoms. The van der Waals surface area contributed by atoms with Crippen molar-refractivity contribution in [2.45, 2.75) is 272 Å². The zero-order chi connectivity index (χ0) is 60.5. The Hall–Kier alpha value is -3.29. The van der Waals surface area contributed by atoms with E-state index in [9.17, 15) is 61.0 Å². The first-order chi connectivity index (χ1) is 40.3. The van der Waals surface area contributed by atoms with Crippen LogP contribution in [0.5, 0.6) is 0 Å². The first-order valence-electron chi connectivity index (χ1n) is 31.0. The molecule has 0 bridgehead atoms. The van der Waals surface area contributed by atoms with Gasteiger partial charge in [0, 0.05) is 6.42 Å². The zero-order valence-electron chi connectivity index (χ0n) is 49.6. The first kappa shape index (κ1) is 74.0. The van der Waals surface area contributed by atoms with Gasteiger partial charge in [-0.25, -0.2) is 0 Å². The molecule has 0 radical (unpaired) electrons. The van der Waals surface area contributed by atoms with Crippen LogP contribution in [-0.4, -0.2) is 193 Å². The summed E-state index contributed by atoms with van der Waals surface area (Å²) in [4.78, 5) is 13.3. The van der Waals surface area contributed by atoms with Gasteiger partial charge >= 0.3 is 0 Å². The van der Waals surface area contributed by atoms with Gasteiger partial charge in [-0.15, -0.1) is 0 Å². The molecule has 3 saturated heterocycles. The smallest absolute Gasteiger partial charge is 0.220 e. The Bertz CT molecular complexity index is 1890. The Kier molecular flexibility index (Phi) is 40.9. The lowest BCUT2D eigenvalue weighted by atomic mass is 9.96. The fourth-order valence-electron chi connectivity index (χ4n) is 9.82. The van der Waals surface area contributed by atoms with Crippen LogP contribution in [0.25, 0.3) is 0 Å². The van der Waals surface area contributed by atoms with Crippen molar-refractivity contribution in [2.75, 3.05) is 26.4 Å². The van der Waals surface area contributed by atoms with E-state index in [2.05, 4.69) is 98.2 Å². The second-order valence-corrected chi connectivity index (χ2v) is 21.8. The molecule has 1 amide bonds. The van der Waals surface area contributed by atoms with E-state index in [-0.39, 0.29) is 18.9 Å². The molecule has 0 saturated carbocycles. The maximum Gasteiger partial charge on any atom is 0.220 e. The molecule has 19 nitrogen and oxygen atoms in total. The fraction of sp³-hybridized carbons (Fsp3) is 0.734. The molecule has 3 aliphatic heterocycles. The Morgan fingerprint density at radius 3 is 1.29 bits per heavy atom. The Morgan fingerprint density at radius 1 is 0.446 bits per heavy atom. The zero-order valence-corrected chi connectivity index (χ0v) is 49.6. The van der Waals surface area contributed by atoms with Gasteiger partial charge < -0.3 is 89.9 Å². The van der Waals surface area contributed by atoms with E-state index in [0.29, 0.717) is 12.8 Å². The van der Waals surface area contributed by atoms with Crippen molar-refractivity contribution in [2.24, 2.45) is 0 Å². The predicted molar refractivity (Wildman–Crippen MR) is 318 cm³/mol. The van der Waals surface area contributed by atoms with Gasteiger partial charge in [0.15, 0.2) is 18.9 Å². The highest BCUT2D eigenvalue weighted by Gasteiger charge is 2.53.